The van der Waals surface area contributed by atoms with Gasteiger partial charge in [0.1, 0.15) is 0 Å². The van der Waals surface area contributed by atoms with Crippen LogP contribution in [0, 0.1) is 0 Å². The van der Waals surface area contributed by atoms with Crippen LogP contribution in [-0.2, 0) is 6.54 Å². The third kappa shape index (κ3) is 4.52. The fourth-order valence-corrected chi connectivity index (χ4v) is 3.56. The standard InChI is InChI=1S/C14H20BrClN2.ClH/c1-18(12-5-3-2-4-6-12)9-10-7-11(16)8-13(15)14(10)17;/h7-8,12H,2-6,9,17H2,1H3;1H. The quantitative estimate of drug-likeness (QED) is 0.772. The van der Waals surface area contributed by atoms with E-state index >= 15 is 0 Å². The summed E-state index contributed by atoms with van der Waals surface area (Å²) in [6.45, 7) is 0.871. The van der Waals surface area contributed by atoms with Gasteiger partial charge in [-0.3, -0.25) is 4.90 Å². The Morgan fingerprint density at radius 2 is 1.95 bits per heavy atom. The van der Waals surface area contributed by atoms with E-state index in [1.165, 1.54) is 32.1 Å². The summed E-state index contributed by atoms with van der Waals surface area (Å²) in [4.78, 5) is 2.41. The largest absolute Gasteiger partial charge is 0.398 e. The number of hydrogen-bond donors (Lipinski definition) is 1. The molecule has 0 heterocycles. The monoisotopic (exact) mass is 366 g/mol. The van der Waals surface area contributed by atoms with Gasteiger partial charge in [-0.25, -0.2) is 0 Å². The van der Waals surface area contributed by atoms with Gasteiger partial charge in [0, 0.05) is 22.1 Å². The van der Waals surface area contributed by atoms with Crippen molar-refractivity contribution in [1.29, 1.82) is 0 Å². The van der Waals surface area contributed by atoms with Crippen LogP contribution in [0.1, 0.15) is 37.7 Å². The Kier molecular flexibility index (Phi) is 6.95. The maximum absolute atomic E-state index is 6.10. The van der Waals surface area contributed by atoms with Crippen LogP contribution < -0.4 is 5.73 Å². The van der Waals surface area contributed by atoms with E-state index in [1.807, 2.05) is 12.1 Å². The van der Waals surface area contributed by atoms with Gasteiger partial charge in [-0.15, -0.1) is 12.4 Å². The Bertz CT molecular complexity index is 420. The van der Waals surface area contributed by atoms with Gasteiger partial charge in [0.25, 0.3) is 0 Å². The van der Waals surface area contributed by atoms with E-state index in [4.69, 9.17) is 17.3 Å². The van der Waals surface area contributed by atoms with Crippen molar-refractivity contribution in [3.8, 4) is 0 Å². The number of nitrogens with two attached hydrogens (primary N) is 1. The van der Waals surface area contributed by atoms with Crippen molar-refractivity contribution >= 4 is 45.6 Å². The van der Waals surface area contributed by atoms with Crippen molar-refractivity contribution in [2.75, 3.05) is 12.8 Å². The zero-order valence-corrected chi connectivity index (χ0v) is 14.3. The molecule has 0 bridgehead atoms. The highest BCUT2D eigenvalue weighted by Crippen LogP contribution is 2.30. The summed E-state index contributed by atoms with van der Waals surface area (Å²) in [5.74, 6) is 0. The predicted molar refractivity (Wildman–Crippen MR) is 89.2 cm³/mol. The van der Waals surface area contributed by atoms with Crippen LogP contribution in [0.15, 0.2) is 16.6 Å². The van der Waals surface area contributed by atoms with E-state index in [0.29, 0.717) is 6.04 Å². The van der Waals surface area contributed by atoms with Gasteiger partial charge < -0.3 is 5.73 Å². The second-order valence-corrected chi connectivity index (χ2v) is 6.46. The van der Waals surface area contributed by atoms with Crippen molar-refractivity contribution in [3.05, 3.63) is 27.2 Å². The molecule has 0 aromatic heterocycles. The minimum atomic E-state index is 0. The molecule has 1 aromatic carbocycles. The van der Waals surface area contributed by atoms with Crippen LogP contribution in [0.3, 0.4) is 0 Å². The number of halogens is 3. The highest BCUT2D eigenvalue weighted by atomic mass is 79.9. The lowest BCUT2D eigenvalue weighted by Gasteiger charge is -2.31. The van der Waals surface area contributed by atoms with E-state index in [9.17, 15) is 0 Å². The lowest BCUT2D eigenvalue weighted by molar-refractivity contribution is 0.185. The van der Waals surface area contributed by atoms with Crippen molar-refractivity contribution in [2.45, 2.75) is 44.7 Å². The molecule has 19 heavy (non-hydrogen) atoms. The molecule has 2 N–H and O–H groups in total. The van der Waals surface area contributed by atoms with Crippen molar-refractivity contribution in [3.63, 3.8) is 0 Å². The fraction of sp³-hybridized carbons (Fsp3) is 0.571. The Morgan fingerprint density at radius 3 is 2.58 bits per heavy atom. The summed E-state index contributed by atoms with van der Waals surface area (Å²) in [6.07, 6.45) is 6.69. The van der Waals surface area contributed by atoms with Crippen LogP contribution >= 0.6 is 39.9 Å². The Balaban J connectivity index is 0.00000180. The van der Waals surface area contributed by atoms with Crippen LogP contribution in [0.5, 0.6) is 0 Å². The third-order valence-corrected chi connectivity index (χ3v) is 4.67. The summed E-state index contributed by atoms with van der Waals surface area (Å²) in [6, 6.07) is 4.51. The van der Waals surface area contributed by atoms with Crippen molar-refractivity contribution in [1.82, 2.24) is 4.90 Å². The van der Waals surface area contributed by atoms with E-state index in [0.717, 1.165) is 27.3 Å². The van der Waals surface area contributed by atoms with Crippen LogP contribution in [0.2, 0.25) is 5.02 Å². The first-order valence-corrected chi connectivity index (χ1v) is 7.68. The van der Waals surface area contributed by atoms with Gasteiger partial charge in [-0.05, 0) is 53.5 Å². The van der Waals surface area contributed by atoms with Gasteiger partial charge in [-0.2, -0.15) is 0 Å². The Morgan fingerprint density at radius 1 is 1.32 bits per heavy atom. The Labute approximate surface area is 135 Å². The number of rotatable bonds is 3. The highest BCUT2D eigenvalue weighted by Gasteiger charge is 2.19. The predicted octanol–water partition coefficient (Wildman–Crippen LogP) is 4.87. The minimum absolute atomic E-state index is 0. The lowest BCUT2D eigenvalue weighted by Crippen LogP contribution is -2.33. The molecule has 1 aliphatic rings. The average molecular weight is 368 g/mol. The maximum Gasteiger partial charge on any atom is 0.0505 e. The molecule has 0 atom stereocenters. The van der Waals surface area contributed by atoms with Gasteiger partial charge in [0.2, 0.25) is 0 Å². The molecule has 0 amide bonds. The fourth-order valence-electron chi connectivity index (χ4n) is 2.69. The molecule has 1 aromatic rings. The van der Waals surface area contributed by atoms with Crippen molar-refractivity contribution < 1.29 is 0 Å². The van der Waals surface area contributed by atoms with Crippen LogP contribution in [0.4, 0.5) is 5.69 Å². The minimum Gasteiger partial charge on any atom is -0.398 e. The second-order valence-electron chi connectivity index (χ2n) is 5.17. The Hall–Kier alpha value is 0.0400. The normalized spacial score (nSPS) is 16.4. The number of hydrogen-bond acceptors (Lipinski definition) is 2. The number of nitrogens with zero attached hydrogens (tertiary/aromatic N) is 1. The molecule has 0 radical (unpaired) electrons. The van der Waals surface area contributed by atoms with Gasteiger partial charge in [-0.1, -0.05) is 30.9 Å². The van der Waals surface area contributed by atoms with Crippen LogP contribution in [0.25, 0.3) is 0 Å². The molecule has 0 saturated heterocycles. The molecule has 1 aliphatic carbocycles. The number of nitrogen functional groups attached to an aromatic ring is 1. The van der Waals surface area contributed by atoms with Gasteiger partial charge >= 0.3 is 0 Å². The molecule has 108 valence electrons. The summed E-state index contributed by atoms with van der Waals surface area (Å²) in [5.41, 5.74) is 8.02. The topological polar surface area (TPSA) is 29.3 Å². The van der Waals surface area contributed by atoms with E-state index in [1.54, 1.807) is 0 Å². The number of benzene rings is 1. The molecular formula is C14H21BrCl2N2. The summed E-state index contributed by atoms with van der Waals surface area (Å²) >= 11 is 9.54. The smallest absolute Gasteiger partial charge is 0.0505 e. The zero-order valence-electron chi connectivity index (χ0n) is 11.2. The van der Waals surface area contributed by atoms with Gasteiger partial charge in [0.05, 0.1) is 5.69 Å². The molecule has 5 heteroatoms. The summed E-state index contributed by atoms with van der Waals surface area (Å²) < 4.78 is 0.891. The first kappa shape index (κ1) is 17.1. The van der Waals surface area contributed by atoms with E-state index in [-0.39, 0.29) is 12.4 Å². The highest BCUT2D eigenvalue weighted by molar-refractivity contribution is 9.10. The summed E-state index contributed by atoms with van der Waals surface area (Å²) in [7, 11) is 2.18. The molecule has 0 aliphatic heterocycles. The molecule has 2 rings (SSSR count). The van der Waals surface area contributed by atoms with Gasteiger partial charge in [0.15, 0.2) is 0 Å². The molecule has 1 fully saturated rings. The van der Waals surface area contributed by atoms with E-state index in [2.05, 4.69) is 27.9 Å². The second kappa shape index (κ2) is 7.72. The molecule has 2 nitrogen and oxygen atoms in total. The molecule has 1 saturated carbocycles. The van der Waals surface area contributed by atoms with Crippen LogP contribution in [-0.4, -0.2) is 18.0 Å². The van der Waals surface area contributed by atoms with E-state index < -0.39 is 0 Å². The first-order chi connectivity index (χ1) is 8.58. The summed E-state index contributed by atoms with van der Waals surface area (Å²) in [5, 5.41) is 0.739. The average Bonchev–Trinajstić information content (AvgIpc) is 2.36. The maximum atomic E-state index is 6.10. The van der Waals surface area contributed by atoms with Crippen molar-refractivity contribution in [2.24, 2.45) is 0 Å². The SMILES string of the molecule is CN(Cc1cc(Cl)cc(Br)c1N)C1CCCCC1.Cl. The zero-order chi connectivity index (χ0) is 13.1. The lowest BCUT2D eigenvalue weighted by atomic mass is 9.94. The number of anilines is 1. The first-order valence-electron chi connectivity index (χ1n) is 6.51. The molecular weight excluding hydrogens is 347 g/mol. The molecule has 0 unspecified atom stereocenters. The third-order valence-electron chi connectivity index (χ3n) is 3.80. The molecule has 0 spiro atoms.